The summed E-state index contributed by atoms with van der Waals surface area (Å²) in [4.78, 5) is 0.0167. The highest BCUT2D eigenvalue weighted by atomic mass is 32.2. The molecule has 0 spiro atoms. The molecule has 0 radical (unpaired) electrons. The second-order valence-corrected chi connectivity index (χ2v) is 8.30. The van der Waals surface area contributed by atoms with Gasteiger partial charge in [-0.1, -0.05) is 6.07 Å². The standard InChI is InChI=1S/C15H23NO4S/c1-10-6-7-11(12(8-10)21(16,17)18)19-13-9-14(2,3)20-15(13,4)5/h6-8,13H,9H2,1-5H3,(H2,16,17,18). The second-order valence-electron chi connectivity index (χ2n) is 6.77. The maximum absolute atomic E-state index is 11.7. The highest BCUT2D eigenvalue weighted by Gasteiger charge is 2.47. The molecule has 1 aliphatic rings. The Balaban J connectivity index is 2.37. The molecule has 0 aromatic heterocycles. The minimum atomic E-state index is -3.83. The quantitative estimate of drug-likeness (QED) is 0.929. The second kappa shape index (κ2) is 4.97. The van der Waals surface area contributed by atoms with Gasteiger partial charge in [0, 0.05) is 6.42 Å². The zero-order valence-electron chi connectivity index (χ0n) is 13.1. The van der Waals surface area contributed by atoms with E-state index >= 15 is 0 Å². The summed E-state index contributed by atoms with van der Waals surface area (Å²) >= 11 is 0. The van der Waals surface area contributed by atoms with Crippen LogP contribution in [0.3, 0.4) is 0 Å². The van der Waals surface area contributed by atoms with Crippen LogP contribution in [0.2, 0.25) is 0 Å². The van der Waals surface area contributed by atoms with Gasteiger partial charge >= 0.3 is 0 Å². The van der Waals surface area contributed by atoms with E-state index in [9.17, 15) is 8.42 Å². The predicted molar refractivity (Wildman–Crippen MR) is 80.8 cm³/mol. The van der Waals surface area contributed by atoms with Gasteiger partial charge in [0.1, 0.15) is 22.4 Å². The van der Waals surface area contributed by atoms with E-state index in [1.807, 2.05) is 34.6 Å². The molecule has 5 nitrogen and oxygen atoms in total. The molecule has 6 heteroatoms. The van der Waals surface area contributed by atoms with E-state index in [1.165, 1.54) is 6.07 Å². The van der Waals surface area contributed by atoms with Crippen LogP contribution < -0.4 is 9.88 Å². The number of benzene rings is 1. The van der Waals surface area contributed by atoms with Crippen LogP contribution in [0.5, 0.6) is 5.75 Å². The van der Waals surface area contributed by atoms with Crippen molar-refractivity contribution in [3.8, 4) is 5.75 Å². The first-order valence-electron chi connectivity index (χ1n) is 6.91. The van der Waals surface area contributed by atoms with E-state index in [0.717, 1.165) is 5.56 Å². The van der Waals surface area contributed by atoms with Crippen LogP contribution in [0, 0.1) is 6.92 Å². The van der Waals surface area contributed by atoms with Gasteiger partial charge in [-0.2, -0.15) is 0 Å². The highest BCUT2D eigenvalue weighted by Crippen LogP contribution is 2.40. The lowest BCUT2D eigenvalue weighted by Crippen LogP contribution is -2.37. The minimum Gasteiger partial charge on any atom is -0.486 e. The maximum Gasteiger partial charge on any atom is 0.241 e. The van der Waals surface area contributed by atoms with Gasteiger partial charge in [-0.25, -0.2) is 13.6 Å². The Labute approximate surface area is 126 Å². The highest BCUT2D eigenvalue weighted by molar-refractivity contribution is 7.89. The molecule has 0 bridgehead atoms. The fraction of sp³-hybridized carbons (Fsp3) is 0.600. The van der Waals surface area contributed by atoms with Crippen molar-refractivity contribution in [3.05, 3.63) is 23.8 Å². The van der Waals surface area contributed by atoms with Crippen molar-refractivity contribution < 1.29 is 17.9 Å². The zero-order valence-corrected chi connectivity index (χ0v) is 14.0. The monoisotopic (exact) mass is 313 g/mol. The van der Waals surface area contributed by atoms with Crippen molar-refractivity contribution in [1.29, 1.82) is 0 Å². The van der Waals surface area contributed by atoms with Gasteiger partial charge in [0.05, 0.1) is 5.60 Å². The first-order valence-corrected chi connectivity index (χ1v) is 8.46. The van der Waals surface area contributed by atoms with Crippen molar-refractivity contribution in [2.75, 3.05) is 0 Å². The van der Waals surface area contributed by atoms with Gasteiger partial charge in [0.25, 0.3) is 0 Å². The summed E-state index contributed by atoms with van der Waals surface area (Å²) in [6.07, 6.45) is 0.438. The van der Waals surface area contributed by atoms with Gasteiger partial charge in [0.2, 0.25) is 10.0 Å². The first-order chi connectivity index (χ1) is 9.41. The van der Waals surface area contributed by atoms with Gasteiger partial charge in [-0.15, -0.1) is 0 Å². The van der Waals surface area contributed by atoms with Crippen molar-refractivity contribution in [2.24, 2.45) is 5.14 Å². The van der Waals surface area contributed by atoms with Crippen LogP contribution in [-0.2, 0) is 14.8 Å². The van der Waals surface area contributed by atoms with Gasteiger partial charge in [-0.3, -0.25) is 0 Å². The third kappa shape index (κ3) is 3.56. The smallest absolute Gasteiger partial charge is 0.241 e. The molecular formula is C15H23NO4S. The molecule has 1 atom stereocenters. The van der Waals surface area contributed by atoms with Crippen LogP contribution in [0.1, 0.15) is 39.7 Å². The molecule has 1 heterocycles. The lowest BCUT2D eigenvalue weighted by atomic mass is 9.97. The molecular weight excluding hydrogens is 290 g/mol. The Morgan fingerprint density at radius 3 is 2.38 bits per heavy atom. The first kappa shape index (κ1) is 16.3. The summed E-state index contributed by atoms with van der Waals surface area (Å²) < 4.78 is 35.4. The summed E-state index contributed by atoms with van der Waals surface area (Å²) in [5.74, 6) is 0.280. The van der Waals surface area contributed by atoms with Crippen molar-refractivity contribution in [1.82, 2.24) is 0 Å². The van der Waals surface area contributed by atoms with Gasteiger partial charge < -0.3 is 9.47 Å². The Bertz CT molecular complexity index is 650. The summed E-state index contributed by atoms with van der Waals surface area (Å²) in [7, 11) is -3.83. The number of hydrogen-bond donors (Lipinski definition) is 1. The average Bonchev–Trinajstić information content (AvgIpc) is 2.47. The van der Waals surface area contributed by atoms with E-state index in [4.69, 9.17) is 14.6 Å². The third-order valence-corrected chi connectivity index (χ3v) is 4.60. The SMILES string of the molecule is Cc1ccc(OC2CC(C)(C)OC2(C)C)c(S(N)(=O)=O)c1. The molecule has 2 rings (SSSR count). The van der Waals surface area contributed by atoms with Crippen LogP contribution in [-0.4, -0.2) is 25.7 Å². The number of hydrogen-bond acceptors (Lipinski definition) is 4. The van der Waals surface area contributed by atoms with Crippen LogP contribution in [0.4, 0.5) is 0 Å². The van der Waals surface area contributed by atoms with Crippen molar-refractivity contribution >= 4 is 10.0 Å². The molecule has 2 N–H and O–H groups in total. The molecule has 1 aromatic carbocycles. The zero-order chi connectivity index (χ0) is 16.1. The minimum absolute atomic E-state index is 0.0167. The lowest BCUT2D eigenvalue weighted by molar-refractivity contribution is -0.0849. The molecule has 1 saturated heterocycles. The summed E-state index contributed by atoms with van der Waals surface area (Å²) in [5, 5.41) is 5.28. The average molecular weight is 313 g/mol. The summed E-state index contributed by atoms with van der Waals surface area (Å²) in [5.41, 5.74) is 0.0126. The maximum atomic E-state index is 11.7. The Morgan fingerprint density at radius 1 is 1.29 bits per heavy atom. The third-order valence-electron chi connectivity index (χ3n) is 3.67. The lowest BCUT2D eigenvalue weighted by Gasteiger charge is -2.28. The Kier molecular flexibility index (Phi) is 3.85. The molecule has 1 aliphatic heterocycles. The van der Waals surface area contributed by atoms with E-state index < -0.39 is 15.6 Å². The molecule has 0 aliphatic carbocycles. The topological polar surface area (TPSA) is 78.6 Å². The molecule has 0 amide bonds. The molecule has 21 heavy (non-hydrogen) atoms. The summed E-state index contributed by atoms with van der Waals surface area (Å²) in [6.45, 7) is 9.68. The molecule has 1 unspecified atom stereocenters. The molecule has 118 valence electrons. The van der Waals surface area contributed by atoms with E-state index in [2.05, 4.69) is 0 Å². The van der Waals surface area contributed by atoms with E-state index in [0.29, 0.717) is 6.42 Å². The molecule has 1 fully saturated rings. The summed E-state index contributed by atoms with van der Waals surface area (Å²) in [6, 6.07) is 4.98. The van der Waals surface area contributed by atoms with Crippen LogP contribution >= 0.6 is 0 Å². The number of ether oxygens (including phenoxy) is 2. The number of nitrogens with two attached hydrogens (primary N) is 1. The predicted octanol–water partition coefficient (Wildman–Crippen LogP) is 2.37. The van der Waals surface area contributed by atoms with E-state index in [-0.39, 0.29) is 22.4 Å². The van der Waals surface area contributed by atoms with Gasteiger partial charge in [-0.05, 0) is 52.3 Å². The van der Waals surface area contributed by atoms with Crippen LogP contribution in [0.15, 0.2) is 23.1 Å². The number of rotatable bonds is 3. The number of primary sulfonamides is 1. The van der Waals surface area contributed by atoms with Gasteiger partial charge in [0.15, 0.2) is 0 Å². The fourth-order valence-corrected chi connectivity index (χ4v) is 3.53. The Hall–Kier alpha value is -1.11. The fourth-order valence-electron chi connectivity index (χ4n) is 2.78. The molecule has 0 saturated carbocycles. The number of sulfonamides is 1. The van der Waals surface area contributed by atoms with Crippen molar-refractivity contribution in [2.45, 2.75) is 63.2 Å². The largest absolute Gasteiger partial charge is 0.486 e. The normalized spacial score (nSPS) is 24.0. The van der Waals surface area contributed by atoms with Crippen LogP contribution in [0.25, 0.3) is 0 Å². The van der Waals surface area contributed by atoms with Crippen molar-refractivity contribution in [3.63, 3.8) is 0 Å². The number of aryl methyl sites for hydroxylation is 1. The Morgan fingerprint density at radius 2 is 1.90 bits per heavy atom. The molecule has 1 aromatic rings. The van der Waals surface area contributed by atoms with E-state index in [1.54, 1.807) is 12.1 Å².